The van der Waals surface area contributed by atoms with E-state index in [0.29, 0.717) is 0 Å². The van der Waals surface area contributed by atoms with Crippen molar-refractivity contribution in [1.29, 1.82) is 0 Å². The zero-order valence-electron chi connectivity index (χ0n) is 9.20. The highest BCUT2D eigenvalue weighted by Gasteiger charge is 2.55. The summed E-state index contributed by atoms with van der Waals surface area (Å²) < 4.78 is 41.8. The van der Waals surface area contributed by atoms with Crippen molar-refractivity contribution in [2.75, 3.05) is 6.61 Å². The van der Waals surface area contributed by atoms with Crippen LogP contribution >= 0.6 is 0 Å². The minimum absolute atomic E-state index is 0.0216. The van der Waals surface area contributed by atoms with Gasteiger partial charge in [-0.05, 0) is 18.8 Å². The number of hydrogen-bond donors (Lipinski definition) is 2. The monoisotopic (exact) mass is 264 g/mol. The molecule has 2 N–H and O–H groups in total. The summed E-state index contributed by atoms with van der Waals surface area (Å²) in [4.78, 5) is 10.7. The van der Waals surface area contributed by atoms with Crippen LogP contribution in [-0.2, 0) is 0 Å². The Morgan fingerprint density at radius 2 is 2.33 bits per heavy atom. The van der Waals surface area contributed by atoms with Gasteiger partial charge in [-0.2, -0.15) is 18.3 Å². The number of nitrogens with one attached hydrogen (secondary N) is 1. The molecule has 0 spiro atoms. The first-order valence-corrected chi connectivity index (χ1v) is 5.35. The van der Waals surface area contributed by atoms with E-state index in [9.17, 15) is 18.0 Å². The smallest absolute Gasteiger partial charge is 0.392 e. The number of carboxylic acid groups (broad SMARTS) is 1. The zero-order chi connectivity index (χ0) is 13.3. The van der Waals surface area contributed by atoms with E-state index >= 15 is 0 Å². The number of halogens is 3. The van der Waals surface area contributed by atoms with Crippen LogP contribution in [0.4, 0.5) is 13.2 Å². The second-order valence-corrected chi connectivity index (χ2v) is 4.20. The number of nitrogens with zero attached hydrogens (tertiary/aromatic N) is 1. The number of aromatic carboxylic acids is 1. The quantitative estimate of drug-likeness (QED) is 0.853. The highest BCUT2D eigenvalue weighted by molar-refractivity contribution is 5.89. The van der Waals surface area contributed by atoms with Crippen molar-refractivity contribution in [2.45, 2.75) is 19.0 Å². The molecule has 1 aromatic rings. The first-order valence-electron chi connectivity index (χ1n) is 5.35. The molecule has 0 bridgehead atoms. The number of aromatic amines is 1. The van der Waals surface area contributed by atoms with E-state index in [0.717, 1.165) is 6.20 Å². The van der Waals surface area contributed by atoms with Gasteiger partial charge >= 0.3 is 12.1 Å². The average molecular weight is 264 g/mol. The van der Waals surface area contributed by atoms with Gasteiger partial charge in [0.15, 0.2) is 0 Å². The maximum absolute atomic E-state index is 12.2. The van der Waals surface area contributed by atoms with Gasteiger partial charge in [0.2, 0.25) is 5.88 Å². The molecular weight excluding hydrogens is 253 g/mol. The van der Waals surface area contributed by atoms with Crippen LogP contribution in [0.15, 0.2) is 6.20 Å². The summed E-state index contributed by atoms with van der Waals surface area (Å²) in [5, 5.41) is 14.6. The molecule has 1 aromatic heterocycles. The Morgan fingerprint density at radius 3 is 2.89 bits per heavy atom. The fraction of sp³-hybridized carbons (Fsp3) is 0.600. The molecule has 0 aromatic carbocycles. The molecule has 2 unspecified atom stereocenters. The Hall–Kier alpha value is -1.73. The molecule has 1 heterocycles. The Labute approximate surface area is 99.9 Å². The minimum atomic E-state index is -4.13. The maximum atomic E-state index is 12.2. The van der Waals surface area contributed by atoms with Crippen molar-refractivity contribution in [3.8, 4) is 5.88 Å². The normalized spacial score (nSPS) is 22.8. The third-order valence-electron chi connectivity index (χ3n) is 2.91. The fourth-order valence-corrected chi connectivity index (χ4v) is 1.82. The van der Waals surface area contributed by atoms with Crippen LogP contribution in [-0.4, -0.2) is 34.1 Å². The Balaban J connectivity index is 1.77. The highest BCUT2D eigenvalue weighted by Crippen LogP contribution is 2.51. The summed E-state index contributed by atoms with van der Waals surface area (Å²) >= 11 is 0. The number of rotatable bonds is 5. The van der Waals surface area contributed by atoms with Gasteiger partial charge in [0, 0.05) is 0 Å². The summed E-state index contributed by atoms with van der Waals surface area (Å²) in [7, 11) is 0. The van der Waals surface area contributed by atoms with Crippen LogP contribution < -0.4 is 4.74 Å². The maximum Gasteiger partial charge on any atom is 0.392 e. The van der Waals surface area contributed by atoms with E-state index < -0.39 is 24.0 Å². The van der Waals surface area contributed by atoms with Crippen LogP contribution in [0.5, 0.6) is 5.88 Å². The van der Waals surface area contributed by atoms with E-state index in [1.165, 1.54) is 0 Å². The number of carbonyl (C=O) groups is 1. The third kappa shape index (κ3) is 2.74. The zero-order valence-corrected chi connectivity index (χ0v) is 9.20. The summed E-state index contributed by atoms with van der Waals surface area (Å²) in [6, 6.07) is 0. The van der Waals surface area contributed by atoms with Crippen molar-refractivity contribution in [2.24, 2.45) is 11.8 Å². The molecular formula is C10H11F3N2O3. The second kappa shape index (κ2) is 4.51. The van der Waals surface area contributed by atoms with Crippen molar-refractivity contribution in [1.82, 2.24) is 10.2 Å². The van der Waals surface area contributed by atoms with Gasteiger partial charge < -0.3 is 9.84 Å². The van der Waals surface area contributed by atoms with Gasteiger partial charge in [-0.1, -0.05) is 0 Å². The summed E-state index contributed by atoms with van der Waals surface area (Å²) in [6.45, 7) is 0.0414. The molecule has 8 heteroatoms. The molecule has 0 aliphatic heterocycles. The number of ether oxygens (including phenoxy) is 1. The van der Waals surface area contributed by atoms with E-state index in [4.69, 9.17) is 9.84 Å². The van der Waals surface area contributed by atoms with Crippen LogP contribution in [0.3, 0.4) is 0 Å². The molecule has 2 atom stereocenters. The predicted molar refractivity (Wildman–Crippen MR) is 53.3 cm³/mol. The second-order valence-electron chi connectivity index (χ2n) is 4.20. The van der Waals surface area contributed by atoms with E-state index in [1.54, 1.807) is 0 Å². The van der Waals surface area contributed by atoms with Crippen molar-refractivity contribution in [3.05, 3.63) is 11.8 Å². The standard InChI is InChI=1S/C10H11F3N2O3/c11-10(12,13)7-3-5(7)1-2-18-8-6(9(16)17)4-14-15-8/h4-5,7H,1-3H2,(H,14,15)(H,16,17). The van der Waals surface area contributed by atoms with E-state index in [1.807, 2.05) is 0 Å². The lowest BCUT2D eigenvalue weighted by Gasteiger charge is -2.06. The largest absolute Gasteiger partial charge is 0.477 e. The Bertz CT molecular complexity index is 444. The summed E-state index contributed by atoms with van der Waals surface area (Å²) in [6.07, 6.45) is -2.66. The van der Waals surface area contributed by atoms with Crippen LogP contribution in [0.25, 0.3) is 0 Å². The number of alkyl halides is 3. The van der Waals surface area contributed by atoms with Gasteiger partial charge in [0.25, 0.3) is 0 Å². The van der Waals surface area contributed by atoms with Crippen LogP contribution in [0.1, 0.15) is 23.2 Å². The molecule has 1 aliphatic carbocycles. The molecule has 0 radical (unpaired) electrons. The van der Waals surface area contributed by atoms with Gasteiger partial charge in [-0.3, -0.25) is 0 Å². The molecule has 5 nitrogen and oxygen atoms in total. The summed E-state index contributed by atoms with van der Waals surface area (Å²) in [5.41, 5.74) is -0.127. The van der Waals surface area contributed by atoms with Crippen molar-refractivity contribution >= 4 is 5.97 Å². The molecule has 100 valence electrons. The van der Waals surface area contributed by atoms with Crippen molar-refractivity contribution in [3.63, 3.8) is 0 Å². The number of H-pyrrole nitrogens is 1. The fourth-order valence-electron chi connectivity index (χ4n) is 1.82. The third-order valence-corrected chi connectivity index (χ3v) is 2.91. The Kier molecular flexibility index (Phi) is 3.18. The molecule has 2 rings (SSSR count). The van der Waals surface area contributed by atoms with Crippen LogP contribution in [0.2, 0.25) is 0 Å². The molecule has 0 saturated heterocycles. The topological polar surface area (TPSA) is 75.2 Å². The molecule has 1 fully saturated rings. The number of hydrogen-bond acceptors (Lipinski definition) is 3. The Morgan fingerprint density at radius 1 is 1.61 bits per heavy atom. The van der Waals surface area contributed by atoms with Gasteiger partial charge in [0.1, 0.15) is 5.56 Å². The van der Waals surface area contributed by atoms with Gasteiger partial charge in [-0.15, -0.1) is 0 Å². The molecule has 18 heavy (non-hydrogen) atoms. The van der Waals surface area contributed by atoms with E-state index in [-0.39, 0.29) is 30.9 Å². The lowest BCUT2D eigenvalue weighted by Crippen LogP contribution is -2.13. The summed E-state index contributed by atoms with van der Waals surface area (Å²) in [5.74, 6) is -2.87. The highest BCUT2D eigenvalue weighted by atomic mass is 19.4. The molecule has 0 amide bonds. The molecule has 1 saturated carbocycles. The van der Waals surface area contributed by atoms with E-state index in [2.05, 4.69) is 10.2 Å². The van der Waals surface area contributed by atoms with Crippen LogP contribution in [0, 0.1) is 11.8 Å². The van der Waals surface area contributed by atoms with Crippen molar-refractivity contribution < 1.29 is 27.8 Å². The SMILES string of the molecule is O=C(O)c1cn[nH]c1OCCC1CC1C(F)(F)F. The first kappa shape index (κ1) is 12.7. The van der Waals surface area contributed by atoms with Gasteiger partial charge in [-0.25, -0.2) is 9.89 Å². The lowest BCUT2D eigenvalue weighted by molar-refractivity contribution is -0.151. The number of aromatic nitrogens is 2. The minimum Gasteiger partial charge on any atom is -0.477 e. The molecule has 1 aliphatic rings. The predicted octanol–water partition coefficient (Wildman–Crippen LogP) is 2.08. The number of carboxylic acids is 1. The lowest BCUT2D eigenvalue weighted by atomic mass is 10.2. The van der Waals surface area contributed by atoms with Gasteiger partial charge in [0.05, 0.1) is 18.7 Å². The first-order chi connectivity index (χ1) is 8.39. The average Bonchev–Trinajstić information content (AvgIpc) is 2.87.